The van der Waals surface area contributed by atoms with E-state index in [4.69, 9.17) is 11.6 Å². The molecule has 0 aliphatic carbocycles. The highest BCUT2D eigenvalue weighted by Gasteiger charge is 1.38. The van der Waals surface area contributed by atoms with Crippen molar-refractivity contribution in [2.24, 2.45) is 0 Å². The molecule has 0 aromatic rings. The van der Waals surface area contributed by atoms with E-state index in [2.05, 4.69) is 0 Å². The van der Waals surface area contributed by atoms with E-state index in [1.54, 1.807) is 0 Å². The van der Waals surface area contributed by atoms with Gasteiger partial charge in [-0.1, -0.05) is 6.92 Å². The molecule has 0 bridgehead atoms. The van der Waals surface area contributed by atoms with E-state index >= 15 is 0 Å². The van der Waals surface area contributed by atoms with Crippen LogP contribution in [0, 0.1) is 0 Å². The molecule has 4 heavy (non-hydrogen) atoms. The monoisotopic (exact) mass is 192 g/mol. The highest BCUT2D eigenvalue weighted by atomic mass is 127. The smallest absolute Gasteiger partial charge is 0.0195 e. The summed E-state index contributed by atoms with van der Waals surface area (Å²) < 4.78 is 0. The number of rotatable bonds is 0. The molecule has 0 aromatic heterocycles. The number of alkyl halides is 1. The molecule has 0 aliphatic rings. The zero-order valence-corrected chi connectivity index (χ0v) is 5.58. The van der Waals surface area contributed by atoms with Gasteiger partial charge in [-0.25, -0.2) is 0 Å². The fourth-order valence-electron chi connectivity index (χ4n) is 0. The van der Waals surface area contributed by atoms with Crippen LogP contribution in [0.3, 0.4) is 0 Å². The summed E-state index contributed by atoms with van der Waals surface area (Å²) in [6.45, 7) is 1.89. The summed E-state index contributed by atoms with van der Waals surface area (Å²) in [6.07, 6.45) is 0. The van der Waals surface area contributed by atoms with Gasteiger partial charge in [0, 0.05) is 5.88 Å². The molecule has 0 radical (unpaired) electrons. The van der Waals surface area contributed by atoms with Crippen LogP contribution in [0.15, 0.2) is 0 Å². The Morgan fingerprint density at radius 1 is 1.75 bits per heavy atom. The normalized spacial score (nSPS) is 4.50. The van der Waals surface area contributed by atoms with Crippen molar-refractivity contribution in [1.29, 1.82) is 0 Å². The SMILES string of the molecule is CCCl.I. The summed E-state index contributed by atoms with van der Waals surface area (Å²) in [4.78, 5) is 0. The first-order valence-electron chi connectivity index (χ1n) is 0.974. The first-order valence-corrected chi connectivity index (χ1v) is 1.51. The molecule has 0 spiro atoms. The van der Waals surface area contributed by atoms with Crippen molar-refractivity contribution in [1.82, 2.24) is 0 Å². The van der Waals surface area contributed by atoms with Crippen molar-refractivity contribution < 1.29 is 0 Å². The van der Waals surface area contributed by atoms with Crippen LogP contribution in [-0.2, 0) is 0 Å². The van der Waals surface area contributed by atoms with Gasteiger partial charge in [-0.2, -0.15) is 0 Å². The molecule has 0 unspecified atom stereocenters. The zero-order chi connectivity index (χ0) is 2.71. The molecule has 2 heteroatoms. The van der Waals surface area contributed by atoms with Crippen molar-refractivity contribution >= 4 is 35.6 Å². The Labute approximate surface area is 48.6 Å². The van der Waals surface area contributed by atoms with Crippen LogP contribution in [0.2, 0.25) is 0 Å². The topological polar surface area (TPSA) is 0 Å². The first kappa shape index (κ1) is 8.89. The molecule has 0 amide bonds. The fraction of sp³-hybridized carbons (Fsp3) is 1.00. The lowest BCUT2D eigenvalue weighted by atomic mass is 11.0. The summed E-state index contributed by atoms with van der Waals surface area (Å²) in [5.41, 5.74) is 0. The summed E-state index contributed by atoms with van der Waals surface area (Å²) in [7, 11) is 0. The first-order chi connectivity index (χ1) is 1.41. The summed E-state index contributed by atoms with van der Waals surface area (Å²) in [6, 6.07) is 0. The fourth-order valence-corrected chi connectivity index (χ4v) is 0. The Morgan fingerprint density at radius 3 is 1.75 bits per heavy atom. The summed E-state index contributed by atoms with van der Waals surface area (Å²) in [5, 5.41) is 0. The molecule has 0 aliphatic heterocycles. The van der Waals surface area contributed by atoms with E-state index in [1.807, 2.05) is 6.92 Å². The van der Waals surface area contributed by atoms with Gasteiger partial charge < -0.3 is 0 Å². The molecule has 0 N–H and O–H groups in total. The second-order valence-corrected chi connectivity index (χ2v) is 0.802. The molecule has 0 saturated carbocycles. The lowest BCUT2D eigenvalue weighted by Gasteiger charge is -1.45. The van der Waals surface area contributed by atoms with Crippen LogP contribution >= 0.6 is 35.6 Å². The standard InChI is InChI=1S/C2H5Cl.HI/c1-2-3;/h2H2,1H3;1H. The van der Waals surface area contributed by atoms with E-state index < -0.39 is 0 Å². The average molecular weight is 192 g/mol. The van der Waals surface area contributed by atoms with Gasteiger partial charge in [-0.3, -0.25) is 0 Å². The largest absolute Gasteiger partial charge is 0.127 e. The van der Waals surface area contributed by atoms with Crippen LogP contribution in [0.4, 0.5) is 0 Å². The molecule has 0 fully saturated rings. The van der Waals surface area contributed by atoms with E-state index in [9.17, 15) is 0 Å². The summed E-state index contributed by atoms with van der Waals surface area (Å²) >= 11 is 5.00. The molecular weight excluding hydrogens is 186 g/mol. The average Bonchev–Trinajstić information content (AvgIpc) is 0.918. The van der Waals surface area contributed by atoms with Gasteiger partial charge >= 0.3 is 0 Å². The summed E-state index contributed by atoms with van der Waals surface area (Å²) in [5.74, 6) is 0.722. The van der Waals surface area contributed by atoms with Gasteiger partial charge in [-0.15, -0.1) is 35.6 Å². The van der Waals surface area contributed by atoms with E-state index in [1.165, 1.54) is 0 Å². The van der Waals surface area contributed by atoms with Gasteiger partial charge in [0.2, 0.25) is 0 Å². The number of hydrogen-bond acceptors (Lipinski definition) is 0. The maximum atomic E-state index is 5.00. The molecular formula is C2H6ClI. The van der Waals surface area contributed by atoms with Gasteiger partial charge in [0.25, 0.3) is 0 Å². The highest BCUT2D eigenvalue weighted by molar-refractivity contribution is 14.0. The Morgan fingerprint density at radius 2 is 1.75 bits per heavy atom. The lowest BCUT2D eigenvalue weighted by Crippen LogP contribution is -1.36. The van der Waals surface area contributed by atoms with E-state index in [0.29, 0.717) is 0 Å². The maximum Gasteiger partial charge on any atom is 0.0195 e. The van der Waals surface area contributed by atoms with Crippen molar-refractivity contribution in [3.05, 3.63) is 0 Å². The van der Waals surface area contributed by atoms with Crippen LogP contribution in [0.5, 0.6) is 0 Å². The van der Waals surface area contributed by atoms with Crippen LogP contribution < -0.4 is 0 Å². The van der Waals surface area contributed by atoms with E-state index in [0.717, 1.165) is 5.88 Å². The predicted molar refractivity (Wildman–Crippen MR) is 31.8 cm³/mol. The Balaban J connectivity index is 0. The third-order valence-electron chi connectivity index (χ3n) is 0. The predicted octanol–water partition coefficient (Wildman–Crippen LogP) is 1.86. The second-order valence-electron chi connectivity index (χ2n) is 0.267. The van der Waals surface area contributed by atoms with Gasteiger partial charge in [-0.05, 0) is 0 Å². The van der Waals surface area contributed by atoms with Crippen LogP contribution in [-0.4, -0.2) is 5.88 Å². The minimum absolute atomic E-state index is 0. The Kier molecular flexibility index (Phi) is 20.0. The molecule has 28 valence electrons. The van der Waals surface area contributed by atoms with Gasteiger partial charge in [0.1, 0.15) is 0 Å². The van der Waals surface area contributed by atoms with Crippen molar-refractivity contribution in [3.63, 3.8) is 0 Å². The highest BCUT2D eigenvalue weighted by Crippen LogP contribution is 1.59. The maximum absolute atomic E-state index is 5.00. The molecule has 0 heterocycles. The minimum atomic E-state index is 0. The van der Waals surface area contributed by atoms with Crippen molar-refractivity contribution in [2.45, 2.75) is 6.92 Å². The second kappa shape index (κ2) is 8.99. The third kappa shape index (κ3) is 11.8. The molecule has 0 rings (SSSR count). The lowest BCUT2D eigenvalue weighted by molar-refractivity contribution is 1.51. The van der Waals surface area contributed by atoms with E-state index in [-0.39, 0.29) is 24.0 Å². The minimum Gasteiger partial charge on any atom is -0.127 e. The molecule has 0 saturated heterocycles. The van der Waals surface area contributed by atoms with Gasteiger partial charge in [0.05, 0.1) is 0 Å². The van der Waals surface area contributed by atoms with Crippen molar-refractivity contribution in [3.8, 4) is 0 Å². The molecule has 0 nitrogen and oxygen atoms in total. The molecule has 0 atom stereocenters. The zero-order valence-electron chi connectivity index (χ0n) is 2.49. The number of hydrogen-bond donors (Lipinski definition) is 0. The van der Waals surface area contributed by atoms with Gasteiger partial charge in [0.15, 0.2) is 0 Å². The Bertz CT molecular complexity index is 6.00. The molecule has 0 aromatic carbocycles. The Hall–Kier alpha value is 1.02. The van der Waals surface area contributed by atoms with Crippen molar-refractivity contribution in [2.75, 3.05) is 5.88 Å². The third-order valence-corrected chi connectivity index (χ3v) is 0. The van der Waals surface area contributed by atoms with Crippen LogP contribution in [0.25, 0.3) is 0 Å². The number of halogens is 2. The quantitative estimate of drug-likeness (QED) is 0.406. The van der Waals surface area contributed by atoms with Crippen LogP contribution in [0.1, 0.15) is 6.92 Å².